The lowest BCUT2D eigenvalue weighted by Crippen LogP contribution is -2.15. The summed E-state index contributed by atoms with van der Waals surface area (Å²) in [4.78, 5) is 0. The van der Waals surface area contributed by atoms with Gasteiger partial charge in [0.1, 0.15) is 5.82 Å². The minimum absolute atomic E-state index is 0.121. The fourth-order valence-electron chi connectivity index (χ4n) is 1.61. The number of rotatable bonds is 3. The molecule has 1 rings (SSSR count). The van der Waals surface area contributed by atoms with E-state index in [0.717, 1.165) is 18.4 Å². The highest BCUT2D eigenvalue weighted by atomic mass is 35.5. The molecule has 0 saturated heterocycles. The summed E-state index contributed by atoms with van der Waals surface area (Å²) < 4.78 is 12.7. The second kappa shape index (κ2) is 4.98. The van der Waals surface area contributed by atoms with Crippen LogP contribution in [0.25, 0.3) is 0 Å². The Balaban J connectivity index is 2.51. The molecule has 0 radical (unpaired) electrons. The molecule has 0 bridgehead atoms. The standard InChI is InChI=1S/C13H18ClF/c1-13(2,3)9-11(14)8-10-4-6-12(15)7-5-10/h4-7,11H,8-9H2,1-3H3. The zero-order valence-electron chi connectivity index (χ0n) is 9.56. The molecule has 0 aromatic heterocycles. The Kier molecular flexibility index (Phi) is 4.15. The van der Waals surface area contributed by atoms with Gasteiger partial charge in [0.05, 0.1) is 0 Å². The van der Waals surface area contributed by atoms with Crippen molar-refractivity contribution < 1.29 is 4.39 Å². The van der Waals surface area contributed by atoms with Gasteiger partial charge < -0.3 is 0 Å². The largest absolute Gasteiger partial charge is 0.207 e. The summed E-state index contributed by atoms with van der Waals surface area (Å²) in [5, 5.41) is 0.121. The van der Waals surface area contributed by atoms with Crippen molar-refractivity contribution in [1.29, 1.82) is 0 Å². The fraction of sp³-hybridized carbons (Fsp3) is 0.538. The normalized spacial score (nSPS) is 13.9. The molecule has 84 valence electrons. The van der Waals surface area contributed by atoms with Gasteiger partial charge in [-0.3, -0.25) is 0 Å². The van der Waals surface area contributed by atoms with Crippen molar-refractivity contribution >= 4 is 11.6 Å². The van der Waals surface area contributed by atoms with Crippen LogP contribution in [0.15, 0.2) is 24.3 Å². The summed E-state index contributed by atoms with van der Waals surface area (Å²) in [6.07, 6.45) is 1.77. The molecule has 1 unspecified atom stereocenters. The van der Waals surface area contributed by atoms with Crippen molar-refractivity contribution in [2.24, 2.45) is 5.41 Å². The number of hydrogen-bond acceptors (Lipinski definition) is 0. The third-order valence-electron chi connectivity index (χ3n) is 2.20. The predicted octanol–water partition coefficient (Wildman–Crippen LogP) is 4.41. The number of hydrogen-bond donors (Lipinski definition) is 0. The Morgan fingerprint density at radius 2 is 1.73 bits per heavy atom. The molecule has 0 spiro atoms. The first-order valence-electron chi connectivity index (χ1n) is 5.25. The fourth-order valence-corrected chi connectivity index (χ4v) is 2.25. The second-order valence-electron chi connectivity index (χ2n) is 5.19. The Morgan fingerprint density at radius 3 is 2.20 bits per heavy atom. The third kappa shape index (κ3) is 5.17. The Bertz CT molecular complexity index is 297. The quantitative estimate of drug-likeness (QED) is 0.673. The summed E-state index contributed by atoms with van der Waals surface area (Å²) >= 11 is 6.25. The molecule has 0 heterocycles. The minimum atomic E-state index is -0.194. The molecule has 0 aliphatic rings. The van der Waals surface area contributed by atoms with E-state index in [0.29, 0.717) is 0 Å². The van der Waals surface area contributed by atoms with E-state index >= 15 is 0 Å². The van der Waals surface area contributed by atoms with Gasteiger partial charge in [-0.2, -0.15) is 0 Å². The van der Waals surface area contributed by atoms with Gasteiger partial charge in [0, 0.05) is 5.38 Å². The topological polar surface area (TPSA) is 0 Å². The average molecular weight is 229 g/mol. The van der Waals surface area contributed by atoms with Gasteiger partial charge in [-0.25, -0.2) is 4.39 Å². The van der Waals surface area contributed by atoms with E-state index < -0.39 is 0 Å². The van der Waals surface area contributed by atoms with Crippen LogP contribution in [0.4, 0.5) is 4.39 Å². The highest BCUT2D eigenvalue weighted by Gasteiger charge is 2.16. The van der Waals surface area contributed by atoms with Crippen LogP contribution < -0.4 is 0 Å². The molecular weight excluding hydrogens is 211 g/mol. The van der Waals surface area contributed by atoms with Crippen LogP contribution in [-0.2, 0) is 6.42 Å². The van der Waals surface area contributed by atoms with Gasteiger partial charge in [-0.05, 0) is 36.0 Å². The van der Waals surface area contributed by atoms with Gasteiger partial charge in [0.15, 0.2) is 0 Å². The van der Waals surface area contributed by atoms with E-state index in [2.05, 4.69) is 20.8 Å². The number of alkyl halides is 1. The zero-order chi connectivity index (χ0) is 11.5. The van der Waals surface area contributed by atoms with Crippen molar-refractivity contribution in [2.75, 3.05) is 0 Å². The summed E-state index contributed by atoms with van der Waals surface area (Å²) in [5.74, 6) is -0.194. The van der Waals surface area contributed by atoms with Crippen LogP contribution in [0.1, 0.15) is 32.8 Å². The van der Waals surface area contributed by atoms with Gasteiger partial charge >= 0.3 is 0 Å². The van der Waals surface area contributed by atoms with E-state index in [4.69, 9.17) is 11.6 Å². The van der Waals surface area contributed by atoms with E-state index in [-0.39, 0.29) is 16.6 Å². The maximum atomic E-state index is 12.7. The Morgan fingerprint density at radius 1 is 1.20 bits per heavy atom. The average Bonchev–Trinajstić information content (AvgIpc) is 2.05. The molecule has 1 aromatic rings. The van der Waals surface area contributed by atoms with E-state index in [1.165, 1.54) is 12.1 Å². The Labute approximate surface area is 96.5 Å². The van der Waals surface area contributed by atoms with Crippen molar-refractivity contribution in [3.63, 3.8) is 0 Å². The molecule has 0 nitrogen and oxygen atoms in total. The van der Waals surface area contributed by atoms with Gasteiger partial charge in [0.2, 0.25) is 0 Å². The third-order valence-corrected chi connectivity index (χ3v) is 2.51. The van der Waals surface area contributed by atoms with E-state index in [1.54, 1.807) is 12.1 Å². The van der Waals surface area contributed by atoms with Crippen LogP contribution >= 0.6 is 11.6 Å². The van der Waals surface area contributed by atoms with Crippen LogP contribution in [0, 0.1) is 11.2 Å². The maximum absolute atomic E-state index is 12.7. The molecule has 0 saturated carbocycles. The first-order valence-corrected chi connectivity index (χ1v) is 5.69. The minimum Gasteiger partial charge on any atom is -0.207 e. The Hall–Kier alpha value is -0.560. The molecule has 0 N–H and O–H groups in total. The number of halogens is 2. The molecule has 1 aromatic carbocycles. The van der Waals surface area contributed by atoms with Gasteiger partial charge in [-0.15, -0.1) is 11.6 Å². The molecule has 2 heteroatoms. The zero-order valence-corrected chi connectivity index (χ0v) is 10.3. The highest BCUT2D eigenvalue weighted by molar-refractivity contribution is 6.20. The van der Waals surface area contributed by atoms with Crippen LogP contribution in [0.3, 0.4) is 0 Å². The van der Waals surface area contributed by atoms with Crippen molar-refractivity contribution in [3.05, 3.63) is 35.6 Å². The highest BCUT2D eigenvalue weighted by Crippen LogP contribution is 2.25. The molecule has 0 aliphatic heterocycles. The van der Waals surface area contributed by atoms with Crippen molar-refractivity contribution in [2.45, 2.75) is 39.0 Å². The number of benzene rings is 1. The monoisotopic (exact) mass is 228 g/mol. The van der Waals surface area contributed by atoms with Crippen molar-refractivity contribution in [3.8, 4) is 0 Å². The smallest absolute Gasteiger partial charge is 0.123 e. The van der Waals surface area contributed by atoms with Crippen molar-refractivity contribution in [1.82, 2.24) is 0 Å². The second-order valence-corrected chi connectivity index (χ2v) is 5.81. The van der Waals surface area contributed by atoms with Gasteiger partial charge in [-0.1, -0.05) is 32.9 Å². The molecule has 1 atom stereocenters. The van der Waals surface area contributed by atoms with E-state index in [1.807, 2.05) is 0 Å². The lowest BCUT2D eigenvalue weighted by Gasteiger charge is -2.21. The molecule has 0 amide bonds. The van der Waals surface area contributed by atoms with Crippen LogP contribution in [-0.4, -0.2) is 5.38 Å². The summed E-state index contributed by atoms with van der Waals surface area (Å²) in [6.45, 7) is 6.52. The molecule has 0 fully saturated rings. The molecular formula is C13H18ClF. The summed E-state index contributed by atoms with van der Waals surface area (Å²) in [5.41, 5.74) is 1.34. The lowest BCUT2D eigenvalue weighted by molar-refractivity contribution is 0.369. The molecule has 15 heavy (non-hydrogen) atoms. The van der Waals surface area contributed by atoms with E-state index in [9.17, 15) is 4.39 Å². The lowest BCUT2D eigenvalue weighted by atomic mass is 9.88. The first-order chi connectivity index (χ1) is 6.87. The summed E-state index contributed by atoms with van der Waals surface area (Å²) in [7, 11) is 0. The summed E-state index contributed by atoms with van der Waals surface area (Å²) in [6, 6.07) is 6.56. The SMILES string of the molecule is CC(C)(C)CC(Cl)Cc1ccc(F)cc1. The van der Waals surface area contributed by atoms with Crippen LogP contribution in [0.2, 0.25) is 0 Å². The molecule has 0 aliphatic carbocycles. The van der Waals surface area contributed by atoms with Gasteiger partial charge in [0.25, 0.3) is 0 Å². The predicted molar refractivity (Wildman–Crippen MR) is 63.8 cm³/mol. The maximum Gasteiger partial charge on any atom is 0.123 e. The first kappa shape index (κ1) is 12.5. The van der Waals surface area contributed by atoms with Crippen LogP contribution in [0.5, 0.6) is 0 Å².